The summed E-state index contributed by atoms with van der Waals surface area (Å²) < 4.78 is 10.3. The van der Waals surface area contributed by atoms with E-state index >= 15 is 0 Å². The molecule has 8 heteroatoms. The number of hydrogen-bond acceptors (Lipinski definition) is 6. The van der Waals surface area contributed by atoms with Crippen LogP contribution in [-0.2, 0) is 4.74 Å². The zero-order valence-electron chi connectivity index (χ0n) is 10.9. The first-order valence-corrected chi connectivity index (χ1v) is 5.90. The van der Waals surface area contributed by atoms with Gasteiger partial charge in [0.1, 0.15) is 12.4 Å². The second-order valence-electron chi connectivity index (χ2n) is 3.86. The number of H-pyrrole nitrogens is 1. The summed E-state index contributed by atoms with van der Waals surface area (Å²) in [5, 5.41) is 8.68. The molecule has 1 aromatic heterocycles. The smallest absolute Gasteiger partial charge is 0.293 e. The molecule has 0 fully saturated rings. The Bertz CT molecular complexity index is 567. The van der Waals surface area contributed by atoms with Gasteiger partial charge in [0.25, 0.3) is 5.91 Å². The summed E-state index contributed by atoms with van der Waals surface area (Å²) in [6.45, 7) is 0.991. The molecule has 4 N–H and O–H groups in total. The van der Waals surface area contributed by atoms with Crippen molar-refractivity contribution in [1.82, 2.24) is 15.2 Å². The second-order valence-corrected chi connectivity index (χ2v) is 3.86. The van der Waals surface area contributed by atoms with Gasteiger partial charge in [-0.2, -0.15) is 4.98 Å². The standard InChI is InChI=1S/C12H15N5O3/c1-19-6-7-20-9-4-2-8(3-5-9)14-11(18)10-15-12(13)17-16-10/h2-5H,6-7H2,1H3,(H,14,18)(H3,13,15,16,17). The molecule has 0 aliphatic carbocycles. The fraction of sp³-hybridized carbons (Fsp3) is 0.250. The number of methoxy groups -OCH3 is 1. The van der Waals surface area contributed by atoms with Gasteiger partial charge in [0.05, 0.1) is 6.61 Å². The molecule has 0 bridgehead atoms. The topological polar surface area (TPSA) is 115 Å². The highest BCUT2D eigenvalue weighted by Gasteiger charge is 2.10. The highest BCUT2D eigenvalue weighted by molar-refractivity contribution is 6.01. The molecule has 0 radical (unpaired) electrons. The molecule has 0 saturated heterocycles. The molecule has 2 aromatic rings. The predicted molar refractivity (Wildman–Crippen MR) is 72.6 cm³/mol. The van der Waals surface area contributed by atoms with E-state index in [-0.39, 0.29) is 11.8 Å². The van der Waals surface area contributed by atoms with Crippen LogP contribution in [0.1, 0.15) is 10.6 Å². The molecule has 0 spiro atoms. The number of anilines is 2. The first-order chi connectivity index (χ1) is 9.69. The van der Waals surface area contributed by atoms with Gasteiger partial charge in [0.2, 0.25) is 11.8 Å². The van der Waals surface area contributed by atoms with E-state index in [1.54, 1.807) is 31.4 Å². The largest absolute Gasteiger partial charge is 0.491 e. The number of carbonyl (C=O) groups excluding carboxylic acids is 1. The fourth-order valence-corrected chi connectivity index (χ4v) is 1.44. The number of carbonyl (C=O) groups is 1. The molecule has 0 aliphatic heterocycles. The Hall–Kier alpha value is -2.61. The van der Waals surface area contributed by atoms with Crippen LogP contribution < -0.4 is 15.8 Å². The highest BCUT2D eigenvalue weighted by Crippen LogP contribution is 2.16. The molecule has 0 unspecified atom stereocenters. The first kappa shape index (κ1) is 13.8. The van der Waals surface area contributed by atoms with Crippen LogP contribution in [0.15, 0.2) is 24.3 Å². The van der Waals surface area contributed by atoms with Crippen LogP contribution in [0.5, 0.6) is 5.75 Å². The van der Waals surface area contributed by atoms with Crippen molar-refractivity contribution in [2.45, 2.75) is 0 Å². The van der Waals surface area contributed by atoms with Gasteiger partial charge in [-0.15, -0.1) is 5.10 Å². The van der Waals surface area contributed by atoms with Crippen molar-refractivity contribution in [2.24, 2.45) is 0 Å². The number of hydrogen-bond donors (Lipinski definition) is 3. The molecule has 0 aliphatic rings. The zero-order chi connectivity index (χ0) is 14.4. The number of nitrogen functional groups attached to an aromatic ring is 1. The fourth-order valence-electron chi connectivity index (χ4n) is 1.44. The van der Waals surface area contributed by atoms with E-state index in [0.29, 0.717) is 24.7 Å². The van der Waals surface area contributed by atoms with Crippen molar-refractivity contribution in [3.05, 3.63) is 30.1 Å². The Morgan fingerprint density at radius 1 is 1.35 bits per heavy atom. The van der Waals surface area contributed by atoms with Crippen LogP contribution >= 0.6 is 0 Å². The molecular formula is C12H15N5O3. The predicted octanol–water partition coefficient (Wildman–Crippen LogP) is 0.664. The number of amides is 1. The number of ether oxygens (including phenoxy) is 2. The van der Waals surface area contributed by atoms with Crippen LogP contribution in [0.2, 0.25) is 0 Å². The van der Waals surface area contributed by atoms with Gasteiger partial charge in [-0.1, -0.05) is 0 Å². The molecular weight excluding hydrogens is 262 g/mol. The number of aromatic amines is 1. The van der Waals surface area contributed by atoms with Gasteiger partial charge in [0, 0.05) is 12.8 Å². The summed E-state index contributed by atoms with van der Waals surface area (Å²) in [7, 11) is 1.61. The lowest BCUT2D eigenvalue weighted by molar-refractivity contribution is 0.101. The summed E-state index contributed by atoms with van der Waals surface area (Å²) in [5.41, 5.74) is 5.94. The second kappa shape index (κ2) is 6.53. The van der Waals surface area contributed by atoms with Crippen LogP contribution in [-0.4, -0.2) is 41.4 Å². The summed E-state index contributed by atoms with van der Waals surface area (Å²) in [5.74, 6) is 0.367. The number of rotatable bonds is 6. The number of benzene rings is 1. The Morgan fingerprint density at radius 2 is 2.10 bits per heavy atom. The first-order valence-electron chi connectivity index (χ1n) is 5.90. The van der Waals surface area contributed by atoms with Crippen LogP contribution in [0.25, 0.3) is 0 Å². The summed E-state index contributed by atoms with van der Waals surface area (Å²) in [4.78, 5) is 15.5. The van der Waals surface area contributed by atoms with Gasteiger partial charge < -0.3 is 20.5 Å². The lowest BCUT2D eigenvalue weighted by atomic mass is 10.3. The number of nitrogens with two attached hydrogens (primary N) is 1. The summed E-state index contributed by atoms with van der Waals surface area (Å²) in [6.07, 6.45) is 0. The highest BCUT2D eigenvalue weighted by atomic mass is 16.5. The van der Waals surface area contributed by atoms with Crippen LogP contribution in [0.3, 0.4) is 0 Å². The van der Waals surface area contributed by atoms with E-state index in [9.17, 15) is 4.79 Å². The lowest BCUT2D eigenvalue weighted by Crippen LogP contribution is -2.13. The molecule has 8 nitrogen and oxygen atoms in total. The number of nitrogens with zero attached hydrogens (tertiary/aromatic N) is 2. The zero-order valence-corrected chi connectivity index (χ0v) is 10.9. The number of nitrogens with one attached hydrogen (secondary N) is 2. The van der Waals surface area contributed by atoms with E-state index in [2.05, 4.69) is 20.5 Å². The summed E-state index contributed by atoms with van der Waals surface area (Å²) in [6, 6.07) is 6.94. The average Bonchev–Trinajstić information content (AvgIpc) is 2.88. The molecule has 1 aromatic carbocycles. The van der Waals surface area contributed by atoms with Gasteiger partial charge in [-0.05, 0) is 24.3 Å². The maximum Gasteiger partial charge on any atom is 0.293 e. The maximum atomic E-state index is 11.8. The quantitative estimate of drug-likeness (QED) is 0.668. The van der Waals surface area contributed by atoms with Gasteiger partial charge >= 0.3 is 0 Å². The molecule has 0 saturated carbocycles. The van der Waals surface area contributed by atoms with Gasteiger partial charge in [0.15, 0.2) is 0 Å². The van der Waals surface area contributed by atoms with Crippen molar-refractivity contribution in [3.63, 3.8) is 0 Å². The van der Waals surface area contributed by atoms with E-state index in [4.69, 9.17) is 15.2 Å². The van der Waals surface area contributed by atoms with E-state index < -0.39 is 5.91 Å². The Morgan fingerprint density at radius 3 is 2.70 bits per heavy atom. The SMILES string of the molecule is COCCOc1ccc(NC(=O)c2nc(N)n[nH]2)cc1. The molecule has 20 heavy (non-hydrogen) atoms. The third-order valence-corrected chi connectivity index (χ3v) is 2.39. The minimum Gasteiger partial charge on any atom is -0.491 e. The molecule has 1 amide bonds. The van der Waals surface area contributed by atoms with Crippen LogP contribution in [0.4, 0.5) is 11.6 Å². The minimum atomic E-state index is -0.415. The average molecular weight is 277 g/mol. The Kier molecular flexibility index (Phi) is 4.51. The van der Waals surface area contributed by atoms with Crippen LogP contribution in [0, 0.1) is 0 Å². The van der Waals surface area contributed by atoms with Crippen molar-refractivity contribution in [1.29, 1.82) is 0 Å². The molecule has 2 rings (SSSR count). The van der Waals surface area contributed by atoms with E-state index in [1.165, 1.54) is 0 Å². The number of aromatic nitrogens is 3. The van der Waals surface area contributed by atoms with E-state index in [0.717, 1.165) is 0 Å². The van der Waals surface area contributed by atoms with E-state index in [1.807, 2.05) is 0 Å². The monoisotopic (exact) mass is 277 g/mol. The third kappa shape index (κ3) is 3.69. The minimum absolute atomic E-state index is 0.0250. The Balaban J connectivity index is 1.91. The third-order valence-electron chi connectivity index (χ3n) is 2.39. The van der Waals surface area contributed by atoms with Crippen molar-refractivity contribution in [3.8, 4) is 5.75 Å². The Labute approximate surface area is 115 Å². The molecule has 106 valence electrons. The summed E-state index contributed by atoms with van der Waals surface area (Å²) >= 11 is 0. The molecule has 0 atom stereocenters. The van der Waals surface area contributed by atoms with Crippen molar-refractivity contribution < 1.29 is 14.3 Å². The van der Waals surface area contributed by atoms with Gasteiger partial charge in [-0.3, -0.25) is 9.89 Å². The normalized spacial score (nSPS) is 10.2. The van der Waals surface area contributed by atoms with Crippen molar-refractivity contribution in [2.75, 3.05) is 31.4 Å². The lowest BCUT2D eigenvalue weighted by Gasteiger charge is -2.07. The maximum absolute atomic E-state index is 11.8. The van der Waals surface area contributed by atoms with Crippen molar-refractivity contribution >= 4 is 17.5 Å². The van der Waals surface area contributed by atoms with Gasteiger partial charge in [-0.25, -0.2) is 0 Å². The molecule has 1 heterocycles.